The van der Waals surface area contributed by atoms with E-state index in [0.717, 1.165) is 15.8 Å². The average Bonchev–Trinajstić information content (AvgIpc) is 3.21. The monoisotopic (exact) mass is 544 g/mol. The maximum absolute atomic E-state index is 10.5. The van der Waals surface area contributed by atoms with E-state index in [-0.39, 0.29) is 5.75 Å². The Morgan fingerprint density at radius 1 is 1.16 bits per heavy atom. The Morgan fingerprint density at radius 2 is 2.00 bits per heavy atom. The molecule has 3 aromatic carbocycles. The van der Waals surface area contributed by atoms with Crippen molar-refractivity contribution in [2.45, 2.75) is 6.92 Å². The molecule has 0 amide bonds. The fourth-order valence-electron chi connectivity index (χ4n) is 3.01. The van der Waals surface area contributed by atoms with Gasteiger partial charge in [-0.05, 0) is 81.2 Å². The first kappa shape index (κ1) is 21.4. The zero-order valence-electron chi connectivity index (χ0n) is 16.7. The summed E-state index contributed by atoms with van der Waals surface area (Å²) in [5.41, 5.74) is 3.34. The Morgan fingerprint density at radius 3 is 2.77 bits per heavy atom. The summed E-state index contributed by atoms with van der Waals surface area (Å²) in [7, 11) is 1.62. The van der Waals surface area contributed by atoms with Crippen LogP contribution in [0.25, 0.3) is 22.6 Å². The lowest BCUT2D eigenvalue weighted by Crippen LogP contribution is -1.95. The third-order valence-electron chi connectivity index (χ3n) is 4.52. The molecule has 0 atom stereocenters. The molecule has 0 unspecified atom stereocenters. The van der Waals surface area contributed by atoms with E-state index in [2.05, 4.69) is 41.8 Å². The van der Waals surface area contributed by atoms with Gasteiger partial charge in [0.15, 0.2) is 17.1 Å². The number of nitrogens with zero attached hydrogens (tertiary/aromatic N) is 2. The van der Waals surface area contributed by atoms with Gasteiger partial charge in [0.05, 0.1) is 25.0 Å². The number of fused-ring (bicyclic) bond motifs is 1. The molecule has 6 nitrogen and oxygen atoms in total. The van der Waals surface area contributed by atoms with Gasteiger partial charge in [-0.25, -0.2) is 4.98 Å². The smallest absolute Gasteiger partial charge is 0.227 e. The van der Waals surface area contributed by atoms with Crippen LogP contribution >= 0.6 is 31.9 Å². The Hall–Kier alpha value is -2.84. The summed E-state index contributed by atoms with van der Waals surface area (Å²) in [6.07, 6.45) is 1.58. The highest BCUT2D eigenvalue weighted by Crippen LogP contribution is 2.40. The first-order valence-corrected chi connectivity index (χ1v) is 11.0. The minimum absolute atomic E-state index is 0.0171. The molecule has 1 aromatic heterocycles. The topological polar surface area (TPSA) is 77.1 Å². The first-order valence-electron chi connectivity index (χ1n) is 9.43. The Bertz CT molecular complexity index is 1280. The number of aromatic nitrogens is 1. The Balaban J connectivity index is 1.68. The van der Waals surface area contributed by atoms with E-state index in [4.69, 9.17) is 13.9 Å². The molecule has 4 aromatic rings. The van der Waals surface area contributed by atoms with Gasteiger partial charge in [-0.15, -0.1) is 0 Å². The van der Waals surface area contributed by atoms with Gasteiger partial charge >= 0.3 is 0 Å². The van der Waals surface area contributed by atoms with Crippen molar-refractivity contribution in [3.63, 3.8) is 0 Å². The number of ether oxygens (including phenoxy) is 2. The molecule has 0 saturated heterocycles. The van der Waals surface area contributed by atoms with Crippen LogP contribution in [0.5, 0.6) is 17.2 Å². The fraction of sp³-hybridized carbons (Fsp3) is 0.130. The van der Waals surface area contributed by atoms with E-state index in [9.17, 15) is 5.11 Å². The molecule has 31 heavy (non-hydrogen) atoms. The van der Waals surface area contributed by atoms with Gasteiger partial charge in [0, 0.05) is 20.7 Å². The zero-order valence-corrected chi connectivity index (χ0v) is 19.9. The van der Waals surface area contributed by atoms with Crippen LogP contribution in [-0.2, 0) is 0 Å². The van der Waals surface area contributed by atoms with Crippen molar-refractivity contribution >= 4 is 54.9 Å². The lowest BCUT2D eigenvalue weighted by molar-refractivity contribution is 0.317. The first-order chi connectivity index (χ1) is 15.0. The van der Waals surface area contributed by atoms with E-state index in [1.54, 1.807) is 19.4 Å². The van der Waals surface area contributed by atoms with Crippen LogP contribution in [0.1, 0.15) is 12.5 Å². The number of oxazole rings is 1. The number of aromatic hydroxyl groups is 1. The highest BCUT2D eigenvalue weighted by atomic mass is 79.9. The summed E-state index contributed by atoms with van der Waals surface area (Å²) >= 11 is 6.94. The normalized spacial score (nSPS) is 11.4. The van der Waals surface area contributed by atoms with Crippen LogP contribution in [0.15, 0.2) is 66.9 Å². The molecule has 0 aliphatic heterocycles. The minimum atomic E-state index is 0.0171. The second kappa shape index (κ2) is 9.11. The van der Waals surface area contributed by atoms with Gasteiger partial charge in [-0.3, -0.25) is 4.99 Å². The average molecular weight is 546 g/mol. The molecule has 8 heteroatoms. The molecule has 0 fully saturated rings. The SMILES string of the molecule is CCOc1cc(Br)c(Br)c(C=Nc2ccc3oc(-c4cccc(OC)c4)nc3c2)c1O. The van der Waals surface area contributed by atoms with Gasteiger partial charge < -0.3 is 19.0 Å². The van der Waals surface area contributed by atoms with E-state index in [0.29, 0.717) is 45.1 Å². The second-order valence-electron chi connectivity index (χ2n) is 6.53. The molecule has 0 aliphatic rings. The molecular weight excluding hydrogens is 528 g/mol. The molecule has 4 rings (SSSR count). The molecular formula is C23H18Br2N2O4. The van der Waals surface area contributed by atoms with Crippen molar-refractivity contribution in [2.75, 3.05) is 13.7 Å². The Labute approximate surface area is 195 Å². The highest BCUT2D eigenvalue weighted by Gasteiger charge is 2.15. The summed E-state index contributed by atoms with van der Waals surface area (Å²) in [6.45, 7) is 2.30. The molecule has 0 aliphatic carbocycles. The van der Waals surface area contributed by atoms with Crippen LogP contribution in [0.2, 0.25) is 0 Å². The van der Waals surface area contributed by atoms with Crippen molar-refractivity contribution < 1.29 is 19.0 Å². The third-order valence-corrected chi connectivity index (χ3v) is 6.53. The van der Waals surface area contributed by atoms with Crippen molar-refractivity contribution in [2.24, 2.45) is 4.99 Å². The van der Waals surface area contributed by atoms with E-state index < -0.39 is 0 Å². The number of hydrogen-bond donors (Lipinski definition) is 1. The summed E-state index contributed by atoms with van der Waals surface area (Å²) in [6, 6.07) is 14.7. The number of phenols is 1. The summed E-state index contributed by atoms with van der Waals surface area (Å²) in [5, 5.41) is 10.5. The number of methoxy groups -OCH3 is 1. The maximum Gasteiger partial charge on any atom is 0.227 e. The third kappa shape index (κ3) is 4.45. The molecule has 0 radical (unpaired) electrons. The van der Waals surface area contributed by atoms with Gasteiger partial charge in [0.2, 0.25) is 5.89 Å². The molecule has 1 heterocycles. The van der Waals surface area contributed by atoms with Gasteiger partial charge in [0.1, 0.15) is 11.3 Å². The van der Waals surface area contributed by atoms with E-state index in [1.807, 2.05) is 49.4 Å². The van der Waals surface area contributed by atoms with Crippen LogP contribution in [0, 0.1) is 0 Å². The van der Waals surface area contributed by atoms with Crippen molar-refractivity contribution in [1.29, 1.82) is 0 Å². The van der Waals surface area contributed by atoms with Crippen molar-refractivity contribution in [3.8, 4) is 28.7 Å². The zero-order chi connectivity index (χ0) is 22.0. The van der Waals surface area contributed by atoms with E-state index in [1.165, 1.54) is 0 Å². The van der Waals surface area contributed by atoms with Crippen LogP contribution in [0.3, 0.4) is 0 Å². The molecule has 0 saturated carbocycles. The number of phenolic OH excluding ortho intramolecular Hbond substituents is 1. The maximum atomic E-state index is 10.5. The number of hydrogen-bond acceptors (Lipinski definition) is 6. The van der Waals surface area contributed by atoms with Gasteiger partial charge in [0.25, 0.3) is 0 Å². The number of benzene rings is 3. The van der Waals surface area contributed by atoms with Crippen LogP contribution in [-0.4, -0.2) is 30.0 Å². The predicted octanol–water partition coefficient (Wildman–Crippen LogP) is 6.88. The Kier molecular flexibility index (Phi) is 6.29. The summed E-state index contributed by atoms with van der Waals surface area (Å²) in [4.78, 5) is 9.09. The number of rotatable bonds is 6. The highest BCUT2D eigenvalue weighted by molar-refractivity contribution is 9.13. The minimum Gasteiger partial charge on any atom is -0.504 e. The molecule has 0 bridgehead atoms. The lowest BCUT2D eigenvalue weighted by atomic mass is 10.2. The molecule has 1 N–H and O–H groups in total. The summed E-state index contributed by atoms with van der Waals surface area (Å²) < 4.78 is 18.1. The van der Waals surface area contributed by atoms with Crippen LogP contribution in [0.4, 0.5) is 5.69 Å². The lowest BCUT2D eigenvalue weighted by Gasteiger charge is -2.11. The molecule has 0 spiro atoms. The largest absolute Gasteiger partial charge is 0.504 e. The van der Waals surface area contributed by atoms with Crippen molar-refractivity contribution in [1.82, 2.24) is 4.98 Å². The second-order valence-corrected chi connectivity index (χ2v) is 8.17. The fourth-order valence-corrected chi connectivity index (χ4v) is 3.84. The summed E-state index contributed by atoms with van der Waals surface area (Å²) in [5.74, 6) is 1.64. The molecule has 158 valence electrons. The van der Waals surface area contributed by atoms with Gasteiger partial charge in [-0.1, -0.05) is 6.07 Å². The predicted molar refractivity (Wildman–Crippen MR) is 128 cm³/mol. The quantitative estimate of drug-likeness (QED) is 0.267. The number of halogens is 2. The van der Waals surface area contributed by atoms with E-state index >= 15 is 0 Å². The number of aliphatic imine (C=N–C) groups is 1. The van der Waals surface area contributed by atoms with Crippen molar-refractivity contribution in [3.05, 3.63) is 63.0 Å². The van der Waals surface area contributed by atoms with Crippen LogP contribution < -0.4 is 9.47 Å². The standard InChI is InChI=1S/C23H18Br2N2O4/c1-3-30-20-11-17(24)21(25)16(22(20)28)12-26-14-7-8-19-18(10-14)27-23(31-19)13-5-4-6-15(9-13)29-2/h4-12,28H,3H2,1-2H3. The van der Waals surface area contributed by atoms with Gasteiger partial charge in [-0.2, -0.15) is 0 Å².